The zero-order valence-corrected chi connectivity index (χ0v) is 26.4. The second-order valence-electron chi connectivity index (χ2n) is 9.06. The van der Waals surface area contributed by atoms with Gasteiger partial charge in [-0.1, -0.05) is 18.2 Å². The fourth-order valence-corrected chi connectivity index (χ4v) is 6.39. The van der Waals surface area contributed by atoms with Crippen molar-refractivity contribution in [3.63, 3.8) is 0 Å². The molecule has 0 aliphatic rings. The Bertz CT molecular complexity index is 2360. The molecular formula is C26H18IN5O9S3. The number of hydrogen-bond acceptors (Lipinski definition) is 12. The van der Waals surface area contributed by atoms with Crippen LogP contribution in [0.15, 0.2) is 120 Å². The lowest BCUT2D eigenvalue weighted by Gasteiger charge is -2.08. The van der Waals surface area contributed by atoms with Gasteiger partial charge in [-0.3, -0.25) is 9.11 Å². The molecule has 44 heavy (non-hydrogen) atoms. The second-order valence-corrected chi connectivity index (χ2v) is 14.5. The van der Waals surface area contributed by atoms with Gasteiger partial charge < -0.3 is 5.73 Å². The van der Waals surface area contributed by atoms with Crippen LogP contribution in [0, 0.1) is 0 Å². The molecule has 5 rings (SSSR count). The zero-order valence-electron chi connectivity index (χ0n) is 21.8. The van der Waals surface area contributed by atoms with Crippen LogP contribution in [0.3, 0.4) is 0 Å². The normalized spacial score (nSPS) is 13.0. The van der Waals surface area contributed by atoms with Gasteiger partial charge in [-0.25, -0.2) is 0 Å². The quantitative estimate of drug-likeness (QED) is 0.0637. The van der Waals surface area contributed by atoms with E-state index in [0.717, 1.165) is 6.07 Å². The van der Waals surface area contributed by atoms with E-state index in [1.54, 1.807) is 6.07 Å². The van der Waals surface area contributed by atoms with Crippen LogP contribution >= 0.6 is 23.0 Å². The molecule has 0 radical (unpaired) electrons. The predicted molar refractivity (Wildman–Crippen MR) is 169 cm³/mol. The predicted octanol–water partition coefficient (Wildman–Crippen LogP) is 6.95. The highest BCUT2D eigenvalue weighted by atomic mass is 127. The molecule has 5 aromatic carbocycles. The largest absolute Gasteiger partial charge is 0.398 e. The highest BCUT2D eigenvalue weighted by Gasteiger charge is 2.17. The molecular weight excluding hydrogens is 749 g/mol. The standard InChI is InChI=1S/C26H18IN5O9S3/c27-41-44(39,40)18-3-1-2-15(12-18)29-30-26-11-10-24(20-7-5-17(14-22(20)26)43(36,37)38)31-32-25-9-8-23(28)19-6-4-16(13-21(19)25)42(33,34)35/h1-14H,28H2,(H,33,34,35)(H,36,37,38). The number of azo groups is 2. The number of halogens is 1. The fourth-order valence-electron chi connectivity index (χ4n) is 4.17. The first-order chi connectivity index (χ1) is 20.7. The van der Waals surface area contributed by atoms with Crippen molar-refractivity contribution in [3.05, 3.63) is 84.9 Å². The summed E-state index contributed by atoms with van der Waals surface area (Å²) in [6.45, 7) is 0. The maximum absolute atomic E-state index is 12.0. The van der Waals surface area contributed by atoms with Crippen molar-refractivity contribution in [2.75, 3.05) is 5.73 Å². The molecule has 0 saturated heterocycles. The molecule has 0 heterocycles. The van der Waals surface area contributed by atoms with Gasteiger partial charge in [0, 0.05) is 27.2 Å². The van der Waals surface area contributed by atoms with E-state index in [4.69, 9.17) is 5.73 Å². The molecule has 0 spiro atoms. The van der Waals surface area contributed by atoms with Gasteiger partial charge in [0.1, 0.15) is 23.0 Å². The van der Waals surface area contributed by atoms with Crippen LogP contribution in [-0.2, 0) is 32.9 Å². The van der Waals surface area contributed by atoms with Crippen LogP contribution < -0.4 is 5.73 Å². The Morgan fingerprint density at radius 3 is 1.64 bits per heavy atom. The third-order valence-corrected chi connectivity index (χ3v) is 10.4. The second kappa shape index (κ2) is 11.9. The van der Waals surface area contributed by atoms with E-state index in [0.29, 0.717) is 21.8 Å². The number of rotatable bonds is 8. The van der Waals surface area contributed by atoms with Gasteiger partial charge in [-0.05, 0) is 66.7 Å². The maximum atomic E-state index is 12.0. The van der Waals surface area contributed by atoms with Gasteiger partial charge >= 0.3 is 10.1 Å². The van der Waals surface area contributed by atoms with Crippen molar-refractivity contribution in [1.29, 1.82) is 0 Å². The minimum Gasteiger partial charge on any atom is -0.398 e. The van der Waals surface area contributed by atoms with Gasteiger partial charge in [0.2, 0.25) is 0 Å². The molecule has 0 amide bonds. The number of nitrogens with zero attached hydrogens (tertiary/aromatic N) is 4. The van der Waals surface area contributed by atoms with Crippen molar-refractivity contribution in [2.24, 2.45) is 20.5 Å². The summed E-state index contributed by atoms with van der Waals surface area (Å²) in [5.74, 6) is 0. The lowest BCUT2D eigenvalue weighted by molar-refractivity contribution is 0.481. The van der Waals surface area contributed by atoms with Crippen LogP contribution in [0.1, 0.15) is 0 Å². The fraction of sp³-hybridized carbons (Fsp3) is 0. The minimum atomic E-state index is -4.60. The number of anilines is 1. The van der Waals surface area contributed by atoms with Crippen molar-refractivity contribution in [1.82, 2.24) is 0 Å². The smallest absolute Gasteiger partial charge is 0.306 e. The molecule has 0 atom stereocenters. The Labute approximate surface area is 264 Å². The molecule has 0 saturated carbocycles. The molecule has 18 heteroatoms. The molecule has 5 aromatic rings. The summed E-state index contributed by atoms with van der Waals surface area (Å²) >= 11 is 1.25. The van der Waals surface area contributed by atoms with Gasteiger partial charge in [0.25, 0.3) is 20.2 Å². The highest BCUT2D eigenvalue weighted by molar-refractivity contribution is 14.1. The van der Waals surface area contributed by atoms with E-state index >= 15 is 0 Å². The molecule has 0 aromatic heterocycles. The average molecular weight is 768 g/mol. The van der Waals surface area contributed by atoms with Gasteiger partial charge in [0.15, 0.2) is 0 Å². The third kappa shape index (κ3) is 6.60. The van der Waals surface area contributed by atoms with Crippen molar-refractivity contribution < 1.29 is 36.9 Å². The van der Waals surface area contributed by atoms with Gasteiger partial charge in [-0.15, -0.1) is 15.3 Å². The van der Waals surface area contributed by atoms with Crippen LogP contribution in [0.25, 0.3) is 21.5 Å². The first kappa shape index (κ1) is 31.5. The zero-order chi connectivity index (χ0) is 31.9. The Morgan fingerprint density at radius 2 is 1.07 bits per heavy atom. The van der Waals surface area contributed by atoms with E-state index in [1.165, 1.54) is 95.8 Å². The van der Waals surface area contributed by atoms with Crippen molar-refractivity contribution in [2.45, 2.75) is 14.7 Å². The van der Waals surface area contributed by atoms with Crippen LogP contribution in [0.5, 0.6) is 0 Å². The summed E-state index contributed by atoms with van der Waals surface area (Å²) in [7, 11) is -13.1. The summed E-state index contributed by atoms with van der Waals surface area (Å²) in [5, 5.41) is 18.1. The summed E-state index contributed by atoms with van der Waals surface area (Å²) in [5.41, 5.74) is 7.13. The molecule has 14 nitrogen and oxygen atoms in total. The summed E-state index contributed by atoms with van der Waals surface area (Å²) in [6, 6.07) is 19.1. The summed E-state index contributed by atoms with van der Waals surface area (Å²) in [6.07, 6.45) is 0. The Balaban J connectivity index is 1.63. The van der Waals surface area contributed by atoms with Crippen molar-refractivity contribution >= 4 is 103 Å². The molecule has 0 bridgehead atoms. The molecule has 0 fully saturated rings. The van der Waals surface area contributed by atoms with E-state index in [1.807, 2.05) is 0 Å². The van der Waals surface area contributed by atoms with Crippen LogP contribution in [0.4, 0.5) is 28.4 Å². The Hall–Kier alpha value is -3.92. The molecule has 0 unspecified atom stereocenters. The number of hydrogen-bond donors (Lipinski definition) is 3. The third-order valence-electron chi connectivity index (χ3n) is 6.26. The van der Waals surface area contributed by atoms with E-state index in [-0.39, 0.29) is 37.9 Å². The minimum absolute atomic E-state index is 0.151. The van der Waals surface area contributed by atoms with Crippen molar-refractivity contribution in [3.8, 4) is 0 Å². The summed E-state index contributed by atoms with van der Waals surface area (Å²) < 4.78 is 94.9. The monoisotopic (exact) mass is 767 g/mol. The van der Waals surface area contributed by atoms with Crippen LogP contribution in [0.2, 0.25) is 0 Å². The first-order valence-electron chi connectivity index (χ1n) is 12.0. The maximum Gasteiger partial charge on any atom is 0.306 e. The topological polar surface area (TPSA) is 228 Å². The first-order valence-corrected chi connectivity index (χ1v) is 17.2. The molecule has 0 aliphatic carbocycles. The average Bonchev–Trinajstić information content (AvgIpc) is 2.98. The number of nitrogens with two attached hydrogens (primary N) is 1. The molecule has 4 N–H and O–H groups in total. The van der Waals surface area contributed by atoms with E-state index in [9.17, 15) is 34.4 Å². The summed E-state index contributed by atoms with van der Waals surface area (Å²) in [4.78, 5) is -0.948. The number of fused-ring (bicyclic) bond motifs is 2. The van der Waals surface area contributed by atoms with E-state index < -0.39 is 35.2 Å². The lowest BCUT2D eigenvalue weighted by Crippen LogP contribution is -1.98. The Morgan fingerprint density at radius 1 is 0.568 bits per heavy atom. The van der Waals surface area contributed by atoms with Gasteiger partial charge in [0.05, 0.1) is 37.4 Å². The number of nitrogen functional groups attached to an aromatic ring is 1. The SMILES string of the molecule is Nc1ccc(N=Nc2ccc(N=Nc3cccc(S(=O)(=O)OI)c3)c3cc(S(=O)(=O)O)ccc23)c2cc(S(=O)(=O)O)ccc12. The molecule has 0 aliphatic heterocycles. The lowest BCUT2D eigenvalue weighted by atomic mass is 10.1. The molecule has 226 valence electrons. The Kier molecular flexibility index (Phi) is 8.50. The number of benzene rings is 5. The highest BCUT2D eigenvalue weighted by Crippen LogP contribution is 2.38. The van der Waals surface area contributed by atoms with Crippen LogP contribution in [-0.4, -0.2) is 34.4 Å². The van der Waals surface area contributed by atoms with E-state index in [2.05, 4.69) is 23.0 Å². The van der Waals surface area contributed by atoms with Gasteiger partial charge in [-0.2, -0.15) is 32.9 Å².